The minimum Gasteiger partial charge on any atom is -0.368 e. The number of nitrogen functional groups attached to an aromatic ring is 1. The van der Waals surface area contributed by atoms with Gasteiger partial charge in [0.05, 0.1) is 22.5 Å². The van der Waals surface area contributed by atoms with Gasteiger partial charge in [0, 0.05) is 18.9 Å². The fraction of sp³-hybridized carbons (Fsp3) is 0.182. The molecule has 0 aromatic carbocycles. The predicted octanol–water partition coefficient (Wildman–Crippen LogP) is 2.32. The highest BCUT2D eigenvalue weighted by atomic mass is 35.5. The summed E-state index contributed by atoms with van der Waals surface area (Å²) in [5.74, 6) is 0.143. The molecule has 0 aliphatic carbocycles. The average Bonchev–Trinajstić information content (AvgIpc) is 2.71. The van der Waals surface area contributed by atoms with Crippen LogP contribution in [0.5, 0.6) is 0 Å². The second kappa shape index (κ2) is 6.51. The molecule has 0 saturated carbocycles. The van der Waals surface area contributed by atoms with Crippen LogP contribution < -0.4 is 11.9 Å². The Morgan fingerprint density at radius 1 is 1.42 bits per heavy atom. The zero-order valence-electron chi connectivity index (χ0n) is 9.92. The molecule has 19 heavy (non-hydrogen) atoms. The highest BCUT2D eigenvalue weighted by Crippen LogP contribution is 2.30. The van der Waals surface area contributed by atoms with E-state index in [4.69, 9.17) is 28.9 Å². The Hall–Kier alpha value is -1.63. The van der Waals surface area contributed by atoms with E-state index in [1.165, 1.54) is 6.20 Å². The lowest BCUT2D eigenvalue weighted by molar-refractivity contribution is 0.624. The van der Waals surface area contributed by atoms with Gasteiger partial charge in [0.15, 0.2) is 5.15 Å². The van der Waals surface area contributed by atoms with Gasteiger partial charge in [0.2, 0.25) is 5.95 Å². The normalized spacial score (nSPS) is 10.0. The molecule has 3 radical (unpaired) electrons. The minimum absolute atomic E-state index is 0. The number of nitrogens with two attached hydrogens (primary N) is 1. The summed E-state index contributed by atoms with van der Waals surface area (Å²) >= 11 is 12.1. The van der Waals surface area contributed by atoms with Crippen molar-refractivity contribution in [1.29, 1.82) is 0 Å². The van der Waals surface area contributed by atoms with Gasteiger partial charge in [-0.3, -0.25) is 4.68 Å². The minimum atomic E-state index is 0. The largest absolute Gasteiger partial charge is 0.368 e. The Balaban J connectivity index is 0.00000180. The van der Waals surface area contributed by atoms with Gasteiger partial charge in [-0.1, -0.05) is 29.3 Å². The molecule has 0 bridgehead atoms. The quantitative estimate of drug-likeness (QED) is 0.875. The van der Waals surface area contributed by atoms with E-state index in [9.17, 15) is 0 Å². The van der Waals surface area contributed by atoms with Crippen molar-refractivity contribution < 1.29 is 0 Å². The molecule has 2 heterocycles. The third-order valence-electron chi connectivity index (χ3n) is 2.30. The van der Waals surface area contributed by atoms with Crippen LogP contribution in [0.15, 0.2) is 25.0 Å². The number of halogens is 2. The van der Waals surface area contributed by atoms with Crippen LogP contribution in [0.4, 0.5) is 5.95 Å². The van der Waals surface area contributed by atoms with Crippen LogP contribution in [0.25, 0.3) is 11.3 Å². The molecular formula is C11H11Cl2N6. The maximum Gasteiger partial charge on any atom is 0.220 e. The number of hydrogen-bond donors (Lipinski definition) is 1. The molecule has 0 fully saturated rings. The van der Waals surface area contributed by atoms with Crippen LogP contribution in [-0.2, 0) is 6.54 Å². The number of rotatable bonds is 4. The number of anilines is 1. The molecule has 2 aromatic heterocycles. The van der Waals surface area contributed by atoms with Gasteiger partial charge in [-0.2, -0.15) is 5.10 Å². The van der Waals surface area contributed by atoms with Gasteiger partial charge in [-0.25, -0.2) is 9.97 Å². The average molecular weight is 298 g/mol. The second-order valence-electron chi connectivity index (χ2n) is 3.60. The van der Waals surface area contributed by atoms with E-state index in [0.717, 1.165) is 6.42 Å². The summed E-state index contributed by atoms with van der Waals surface area (Å²) in [6.07, 6.45) is 5.83. The SMILES string of the molecule is C=CCCn1cc(-c2nc(N)ncc2Cl)c(Cl)n1.[N]. The van der Waals surface area contributed by atoms with Crippen molar-refractivity contribution in [1.82, 2.24) is 25.9 Å². The molecule has 0 aliphatic rings. The molecule has 0 saturated heterocycles. The van der Waals surface area contributed by atoms with Crippen LogP contribution in [0, 0.1) is 0 Å². The van der Waals surface area contributed by atoms with Gasteiger partial charge >= 0.3 is 0 Å². The zero-order chi connectivity index (χ0) is 13.1. The summed E-state index contributed by atoms with van der Waals surface area (Å²) in [7, 11) is 0. The third-order valence-corrected chi connectivity index (χ3v) is 2.85. The monoisotopic (exact) mass is 297 g/mol. The van der Waals surface area contributed by atoms with Crippen molar-refractivity contribution >= 4 is 29.2 Å². The standard InChI is InChI=1S/C11H11Cl2N5.N/c1-2-3-4-18-6-7(10(13)17-18)9-8(12)5-15-11(14)16-9;/h2,5-6H,1,3-4H2,(H2,14,15,16);. The van der Waals surface area contributed by atoms with Gasteiger partial charge in [-0.15, -0.1) is 6.58 Å². The van der Waals surface area contributed by atoms with Gasteiger partial charge in [0.25, 0.3) is 0 Å². The van der Waals surface area contributed by atoms with Crippen LogP contribution in [0.1, 0.15) is 6.42 Å². The predicted molar refractivity (Wildman–Crippen MR) is 74.6 cm³/mol. The Morgan fingerprint density at radius 3 is 2.84 bits per heavy atom. The molecule has 6 nitrogen and oxygen atoms in total. The molecule has 2 N–H and O–H groups in total. The van der Waals surface area contributed by atoms with Gasteiger partial charge < -0.3 is 5.73 Å². The molecule has 0 unspecified atom stereocenters. The van der Waals surface area contributed by atoms with Crippen LogP contribution in [0.2, 0.25) is 10.2 Å². The van der Waals surface area contributed by atoms with E-state index in [-0.39, 0.29) is 12.1 Å². The zero-order valence-corrected chi connectivity index (χ0v) is 11.4. The van der Waals surface area contributed by atoms with Crippen molar-refractivity contribution in [2.45, 2.75) is 13.0 Å². The first-order valence-electron chi connectivity index (χ1n) is 5.24. The van der Waals surface area contributed by atoms with Crippen LogP contribution >= 0.6 is 23.2 Å². The summed E-state index contributed by atoms with van der Waals surface area (Å²) in [6.45, 7) is 4.35. The van der Waals surface area contributed by atoms with E-state index >= 15 is 0 Å². The summed E-state index contributed by atoms with van der Waals surface area (Å²) in [4.78, 5) is 7.88. The van der Waals surface area contributed by atoms with Crippen molar-refractivity contribution in [3.8, 4) is 11.3 Å². The number of allylic oxidation sites excluding steroid dienone is 1. The fourth-order valence-electron chi connectivity index (χ4n) is 1.46. The molecule has 8 heteroatoms. The molecule has 99 valence electrons. The van der Waals surface area contributed by atoms with E-state index in [1.54, 1.807) is 10.9 Å². The summed E-state index contributed by atoms with van der Waals surface area (Å²) in [5, 5.41) is 4.89. The molecule has 0 aliphatic heterocycles. The van der Waals surface area contributed by atoms with E-state index in [2.05, 4.69) is 21.6 Å². The lowest BCUT2D eigenvalue weighted by atomic mass is 10.2. The van der Waals surface area contributed by atoms with E-state index < -0.39 is 0 Å². The summed E-state index contributed by atoms with van der Waals surface area (Å²) in [5.41, 5.74) is 6.66. The van der Waals surface area contributed by atoms with E-state index in [1.807, 2.05) is 6.08 Å². The first-order valence-corrected chi connectivity index (χ1v) is 5.99. The molecular weight excluding hydrogens is 287 g/mol. The smallest absolute Gasteiger partial charge is 0.220 e. The Kier molecular flexibility index (Phi) is 5.29. The topological polar surface area (TPSA) is 100 Å². The van der Waals surface area contributed by atoms with Gasteiger partial charge in [-0.05, 0) is 6.42 Å². The van der Waals surface area contributed by atoms with Crippen LogP contribution in [0.3, 0.4) is 0 Å². The maximum absolute atomic E-state index is 6.07. The summed E-state index contributed by atoms with van der Waals surface area (Å²) < 4.78 is 1.72. The number of hydrogen-bond acceptors (Lipinski definition) is 4. The number of aryl methyl sites for hydroxylation is 1. The second-order valence-corrected chi connectivity index (χ2v) is 4.36. The Bertz CT molecular complexity index is 581. The highest BCUT2D eigenvalue weighted by molar-refractivity contribution is 6.35. The lowest BCUT2D eigenvalue weighted by Gasteiger charge is -2.01. The molecule has 2 rings (SSSR count). The molecule has 2 aromatic rings. The van der Waals surface area contributed by atoms with E-state index in [0.29, 0.717) is 28.0 Å². The molecule has 0 atom stereocenters. The molecule has 0 spiro atoms. The highest BCUT2D eigenvalue weighted by Gasteiger charge is 2.14. The van der Waals surface area contributed by atoms with Crippen molar-refractivity contribution in [2.24, 2.45) is 0 Å². The van der Waals surface area contributed by atoms with Gasteiger partial charge in [0.1, 0.15) is 0 Å². The van der Waals surface area contributed by atoms with Crippen molar-refractivity contribution in [2.75, 3.05) is 5.73 Å². The number of nitrogens with zero attached hydrogens (tertiary/aromatic N) is 5. The Labute approximate surface area is 120 Å². The first-order chi connectivity index (χ1) is 8.61. The Morgan fingerprint density at radius 2 is 2.16 bits per heavy atom. The molecule has 0 amide bonds. The third kappa shape index (κ3) is 3.44. The maximum atomic E-state index is 6.07. The van der Waals surface area contributed by atoms with Crippen LogP contribution in [-0.4, -0.2) is 19.7 Å². The van der Waals surface area contributed by atoms with Crippen molar-refractivity contribution in [3.63, 3.8) is 0 Å². The van der Waals surface area contributed by atoms with Crippen molar-refractivity contribution in [3.05, 3.63) is 35.2 Å². The fourth-order valence-corrected chi connectivity index (χ4v) is 1.89. The lowest BCUT2D eigenvalue weighted by Crippen LogP contribution is -1.97. The summed E-state index contributed by atoms with van der Waals surface area (Å²) in [6, 6.07) is 0. The first kappa shape index (κ1) is 15.4. The number of aromatic nitrogens is 4.